The van der Waals surface area contributed by atoms with Crippen molar-refractivity contribution in [2.75, 3.05) is 0 Å². The van der Waals surface area contributed by atoms with Crippen molar-refractivity contribution in [3.05, 3.63) is 143 Å². The first-order valence-electron chi connectivity index (χ1n) is 12.4. The van der Waals surface area contributed by atoms with Gasteiger partial charge in [0.05, 0.1) is 5.41 Å². The maximum atomic E-state index is 13.8. The smallest absolute Gasteiger partial charge is 0.147 e. The minimum absolute atomic E-state index is 0.133. The fraction of sp³-hybridized carbons (Fsp3) is 0.242. The van der Waals surface area contributed by atoms with Crippen LogP contribution in [-0.4, -0.2) is 16.0 Å². The van der Waals surface area contributed by atoms with E-state index in [-0.39, 0.29) is 5.78 Å². The van der Waals surface area contributed by atoms with Gasteiger partial charge in [0.2, 0.25) is 0 Å². The molecule has 2 unspecified atom stereocenters. The lowest BCUT2D eigenvalue weighted by Gasteiger charge is -2.39. The van der Waals surface area contributed by atoms with Gasteiger partial charge in [0.25, 0.3) is 0 Å². The van der Waals surface area contributed by atoms with Gasteiger partial charge in [-0.2, -0.15) is 0 Å². The summed E-state index contributed by atoms with van der Waals surface area (Å²) in [6, 6.07) is 36.6. The summed E-state index contributed by atoms with van der Waals surface area (Å²) >= 11 is 0. The fourth-order valence-electron chi connectivity index (χ4n) is 4.89. The third kappa shape index (κ3) is 4.77. The predicted octanol–water partition coefficient (Wildman–Crippen LogP) is 6.31. The van der Waals surface area contributed by atoms with E-state index >= 15 is 0 Å². The molecule has 184 valence electrons. The number of hydrogen-bond donors (Lipinski definition) is 2. The first-order valence-corrected chi connectivity index (χ1v) is 12.4. The predicted molar refractivity (Wildman–Crippen MR) is 145 cm³/mol. The molecule has 2 atom stereocenters. The summed E-state index contributed by atoms with van der Waals surface area (Å²) in [5.41, 5.74) is 0.330. The van der Waals surface area contributed by atoms with Gasteiger partial charge in [0.15, 0.2) is 0 Å². The summed E-state index contributed by atoms with van der Waals surface area (Å²) in [5, 5.41) is 22.8. The maximum Gasteiger partial charge on any atom is 0.147 e. The van der Waals surface area contributed by atoms with Gasteiger partial charge in [0.1, 0.15) is 17.0 Å². The molecule has 0 saturated carbocycles. The third-order valence-corrected chi connectivity index (χ3v) is 7.67. The lowest BCUT2D eigenvalue weighted by molar-refractivity contribution is -0.143. The van der Waals surface area contributed by atoms with E-state index in [2.05, 4.69) is 0 Å². The molecule has 36 heavy (non-hydrogen) atoms. The molecular formula is C33H34O3. The highest BCUT2D eigenvalue weighted by Gasteiger charge is 2.44. The molecule has 0 spiro atoms. The average molecular weight is 479 g/mol. The third-order valence-electron chi connectivity index (χ3n) is 7.67. The topological polar surface area (TPSA) is 57.5 Å². The van der Waals surface area contributed by atoms with E-state index in [4.69, 9.17) is 0 Å². The van der Waals surface area contributed by atoms with E-state index in [0.717, 1.165) is 16.7 Å². The highest BCUT2D eigenvalue weighted by molar-refractivity contribution is 5.93. The number of aliphatic hydroxyl groups is 2. The minimum atomic E-state index is -1.53. The standard InChI is InChI=1S/C33H34O3/c1-31(26-15-7-4-8-16-26,27-17-9-5-10-18-27)30(34)23-22-25-14-13-21-29(24-25)33(3,36)32(2,35)28-19-11-6-12-20-28/h4-21,24,35-36H,22-23H2,1-3H3. The molecule has 0 bridgehead atoms. The Morgan fingerprint density at radius 2 is 1.00 bits per heavy atom. The van der Waals surface area contributed by atoms with Crippen LogP contribution in [0.15, 0.2) is 115 Å². The molecule has 0 fully saturated rings. The largest absolute Gasteiger partial charge is 0.382 e. The van der Waals surface area contributed by atoms with Crippen LogP contribution < -0.4 is 0 Å². The monoisotopic (exact) mass is 478 g/mol. The van der Waals surface area contributed by atoms with Crippen molar-refractivity contribution in [2.24, 2.45) is 0 Å². The summed E-state index contributed by atoms with van der Waals surface area (Å²) in [5.74, 6) is 0.133. The zero-order valence-electron chi connectivity index (χ0n) is 21.2. The van der Waals surface area contributed by atoms with Gasteiger partial charge in [-0.25, -0.2) is 0 Å². The fourth-order valence-corrected chi connectivity index (χ4v) is 4.89. The zero-order chi connectivity index (χ0) is 25.8. The van der Waals surface area contributed by atoms with Crippen molar-refractivity contribution >= 4 is 5.78 Å². The summed E-state index contributed by atoms with van der Waals surface area (Å²) in [6.07, 6.45) is 0.881. The number of carbonyl (C=O) groups is 1. The second kappa shape index (κ2) is 10.2. The number of hydrogen-bond acceptors (Lipinski definition) is 3. The zero-order valence-corrected chi connectivity index (χ0v) is 21.2. The highest BCUT2D eigenvalue weighted by atomic mass is 16.4. The van der Waals surface area contributed by atoms with Crippen molar-refractivity contribution in [2.45, 2.75) is 50.2 Å². The highest BCUT2D eigenvalue weighted by Crippen LogP contribution is 2.40. The SMILES string of the molecule is CC(C(=O)CCc1cccc(C(C)(O)C(C)(O)c2ccccc2)c1)(c1ccccc1)c1ccccc1. The van der Waals surface area contributed by atoms with Gasteiger partial charge in [-0.05, 0) is 55.0 Å². The molecule has 0 saturated heterocycles. The molecule has 4 rings (SSSR count). The van der Waals surface area contributed by atoms with Gasteiger partial charge >= 0.3 is 0 Å². The van der Waals surface area contributed by atoms with Crippen LogP contribution in [0.4, 0.5) is 0 Å². The summed E-state index contributed by atoms with van der Waals surface area (Å²) in [7, 11) is 0. The van der Waals surface area contributed by atoms with Crippen LogP contribution in [0, 0.1) is 0 Å². The average Bonchev–Trinajstić information content (AvgIpc) is 2.92. The van der Waals surface area contributed by atoms with E-state index in [1.165, 1.54) is 0 Å². The number of rotatable bonds is 9. The molecule has 0 amide bonds. The second-order valence-corrected chi connectivity index (χ2v) is 9.99. The van der Waals surface area contributed by atoms with Crippen molar-refractivity contribution < 1.29 is 15.0 Å². The van der Waals surface area contributed by atoms with Gasteiger partial charge in [-0.1, -0.05) is 115 Å². The summed E-state index contributed by atoms with van der Waals surface area (Å²) < 4.78 is 0. The molecule has 3 heteroatoms. The Bertz CT molecular complexity index is 1250. The molecule has 3 nitrogen and oxygen atoms in total. The van der Waals surface area contributed by atoms with Crippen LogP contribution in [0.2, 0.25) is 0 Å². The Balaban J connectivity index is 1.59. The van der Waals surface area contributed by atoms with Crippen LogP contribution in [0.3, 0.4) is 0 Å². The van der Waals surface area contributed by atoms with E-state index in [1.807, 2.05) is 122 Å². The Hall–Kier alpha value is -3.53. The Morgan fingerprint density at radius 3 is 1.50 bits per heavy atom. The van der Waals surface area contributed by atoms with Crippen LogP contribution in [0.5, 0.6) is 0 Å². The van der Waals surface area contributed by atoms with E-state index in [0.29, 0.717) is 24.0 Å². The summed E-state index contributed by atoms with van der Waals surface area (Å²) in [4.78, 5) is 13.8. The maximum absolute atomic E-state index is 13.8. The van der Waals surface area contributed by atoms with E-state index < -0.39 is 16.6 Å². The quantitative estimate of drug-likeness (QED) is 0.296. The van der Waals surface area contributed by atoms with Crippen LogP contribution in [-0.2, 0) is 27.8 Å². The normalized spacial score (nSPS) is 15.0. The molecular weight excluding hydrogens is 444 g/mol. The van der Waals surface area contributed by atoms with Crippen molar-refractivity contribution in [1.82, 2.24) is 0 Å². The van der Waals surface area contributed by atoms with Crippen molar-refractivity contribution in [3.8, 4) is 0 Å². The number of ketones is 1. The Morgan fingerprint density at radius 1 is 0.583 bits per heavy atom. The minimum Gasteiger partial charge on any atom is -0.382 e. The molecule has 4 aromatic carbocycles. The summed E-state index contributed by atoms with van der Waals surface area (Å²) in [6.45, 7) is 5.26. The van der Waals surface area contributed by atoms with Crippen LogP contribution >= 0.6 is 0 Å². The van der Waals surface area contributed by atoms with E-state index in [1.54, 1.807) is 13.8 Å². The van der Waals surface area contributed by atoms with Gasteiger partial charge in [-0.3, -0.25) is 4.79 Å². The lowest BCUT2D eigenvalue weighted by atomic mass is 9.71. The number of benzene rings is 4. The first kappa shape index (κ1) is 25.6. The first-order chi connectivity index (χ1) is 17.2. The molecule has 2 N–H and O–H groups in total. The lowest BCUT2D eigenvalue weighted by Crippen LogP contribution is -2.45. The van der Waals surface area contributed by atoms with Gasteiger partial charge in [0, 0.05) is 6.42 Å². The Labute approximate surface area is 214 Å². The molecule has 4 aromatic rings. The molecule has 0 aliphatic carbocycles. The molecule has 0 heterocycles. The molecule has 0 aliphatic heterocycles. The second-order valence-electron chi connectivity index (χ2n) is 9.99. The van der Waals surface area contributed by atoms with Crippen LogP contribution in [0.25, 0.3) is 0 Å². The number of Topliss-reactive ketones (excluding diaryl/α,β-unsaturated/α-hetero) is 1. The number of carbonyl (C=O) groups excluding carboxylic acids is 1. The van der Waals surface area contributed by atoms with E-state index in [9.17, 15) is 15.0 Å². The van der Waals surface area contributed by atoms with Crippen molar-refractivity contribution in [3.63, 3.8) is 0 Å². The molecule has 0 aliphatic rings. The van der Waals surface area contributed by atoms with Crippen LogP contribution in [0.1, 0.15) is 55.0 Å². The molecule has 0 aromatic heterocycles. The van der Waals surface area contributed by atoms with Crippen molar-refractivity contribution in [1.29, 1.82) is 0 Å². The molecule has 0 radical (unpaired) electrons. The van der Waals surface area contributed by atoms with Gasteiger partial charge < -0.3 is 10.2 Å². The Kier molecular flexibility index (Phi) is 7.26. The van der Waals surface area contributed by atoms with Gasteiger partial charge in [-0.15, -0.1) is 0 Å². The number of aryl methyl sites for hydroxylation is 1.